The molecule has 0 saturated heterocycles. The van der Waals surface area contributed by atoms with Crippen molar-refractivity contribution in [2.24, 2.45) is 0 Å². The quantitative estimate of drug-likeness (QED) is 0.712. The van der Waals surface area contributed by atoms with E-state index in [1.54, 1.807) is 0 Å². The van der Waals surface area contributed by atoms with Crippen LogP contribution < -0.4 is 4.74 Å². The molecule has 0 saturated carbocycles. The summed E-state index contributed by atoms with van der Waals surface area (Å²) in [5.74, 6) is 0.762. The Hall–Kier alpha value is -0.650. The highest BCUT2D eigenvalue weighted by atomic mass is 79.9. The number of fused-ring (bicyclic) bond motifs is 1. The van der Waals surface area contributed by atoms with Crippen LogP contribution in [0.5, 0.6) is 5.75 Å². The van der Waals surface area contributed by atoms with Gasteiger partial charge in [0.1, 0.15) is 5.75 Å². The van der Waals surface area contributed by atoms with Gasteiger partial charge in [0, 0.05) is 10.9 Å². The van der Waals surface area contributed by atoms with Crippen molar-refractivity contribution in [1.82, 2.24) is 0 Å². The molecule has 1 aromatic carbocycles. The highest BCUT2D eigenvalue weighted by molar-refractivity contribution is 9.11. The first-order chi connectivity index (χ1) is 8.65. The van der Waals surface area contributed by atoms with Crippen molar-refractivity contribution >= 4 is 49.0 Å². The standard InChI is InChI=1S/C13H8Br2O2S/c14-8-5-7-3-4-17-13(7)9(6-8)12(16)10-1-2-11(15)18-10/h1-2,5-6H,3-4H2. The molecule has 0 N–H and O–H groups in total. The fourth-order valence-corrected chi connectivity index (χ4v) is 3.85. The van der Waals surface area contributed by atoms with Crippen molar-refractivity contribution in [2.75, 3.05) is 6.61 Å². The van der Waals surface area contributed by atoms with Crippen LogP contribution in [0.3, 0.4) is 0 Å². The third kappa shape index (κ3) is 2.15. The minimum atomic E-state index is 0.0187. The number of carbonyl (C=O) groups excluding carboxylic acids is 1. The van der Waals surface area contributed by atoms with Crippen LogP contribution in [0.15, 0.2) is 32.5 Å². The second-order valence-corrected chi connectivity index (χ2v) is 7.35. The molecule has 2 heterocycles. The van der Waals surface area contributed by atoms with Gasteiger partial charge in [0.25, 0.3) is 0 Å². The number of hydrogen-bond donors (Lipinski definition) is 0. The van der Waals surface area contributed by atoms with E-state index in [0.29, 0.717) is 12.2 Å². The number of carbonyl (C=O) groups is 1. The summed E-state index contributed by atoms with van der Waals surface area (Å²) in [4.78, 5) is 13.2. The van der Waals surface area contributed by atoms with Gasteiger partial charge in [-0.3, -0.25) is 4.79 Å². The number of hydrogen-bond acceptors (Lipinski definition) is 3. The summed E-state index contributed by atoms with van der Waals surface area (Å²) in [7, 11) is 0. The van der Waals surface area contributed by atoms with Crippen molar-refractivity contribution in [3.63, 3.8) is 0 Å². The van der Waals surface area contributed by atoms with Crippen LogP contribution in [0, 0.1) is 0 Å². The molecule has 1 aliphatic heterocycles. The van der Waals surface area contributed by atoms with Gasteiger partial charge in [-0.25, -0.2) is 0 Å². The van der Waals surface area contributed by atoms with Gasteiger partial charge < -0.3 is 4.74 Å². The van der Waals surface area contributed by atoms with Crippen LogP contribution in [0.2, 0.25) is 0 Å². The Morgan fingerprint density at radius 3 is 2.83 bits per heavy atom. The lowest BCUT2D eigenvalue weighted by Gasteiger charge is -2.07. The molecule has 92 valence electrons. The molecule has 0 atom stereocenters. The fraction of sp³-hybridized carbons (Fsp3) is 0.154. The zero-order chi connectivity index (χ0) is 12.7. The van der Waals surface area contributed by atoms with Gasteiger partial charge in [0.2, 0.25) is 5.78 Å². The number of rotatable bonds is 2. The van der Waals surface area contributed by atoms with E-state index in [9.17, 15) is 4.79 Å². The summed E-state index contributed by atoms with van der Waals surface area (Å²) in [5.41, 5.74) is 1.74. The van der Waals surface area contributed by atoms with E-state index in [-0.39, 0.29) is 5.78 Å². The molecule has 0 fully saturated rings. The Labute approximate surface area is 125 Å². The Balaban J connectivity index is 2.10. The highest BCUT2D eigenvalue weighted by Crippen LogP contribution is 2.35. The molecular formula is C13H8Br2O2S. The molecule has 18 heavy (non-hydrogen) atoms. The SMILES string of the molecule is O=C(c1ccc(Br)s1)c1cc(Br)cc2c1OCC2. The third-order valence-electron chi connectivity index (χ3n) is 2.79. The molecule has 0 bridgehead atoms. The Morgan fingerprint density at radius 2 is 2.11 bits per heavy atom. The molecule has 0 spiro atoms. The number of halogens is 2. The number of ether oxygens (including phenoxy) is 1. The topological polar surface area (TPSA) is 26.3 Å². The van der Waals surface area contributed by atoms with E-state index >= 15 is 0 Å². The predicted molar refractivity (Wildman–Crippen MR) is 78.8 cm³/mol. The molecule has 1 aliphatic rings. The van der Waals surface area contributed by atoms with Crippen molar-refractivity contribution in [2.45, 2.75) is 6.42 Å². The van der Waals surface area contributed by atoms with Gasteiger partial charge >= 0.3 is 0 Å². The van der Waals surface area contributed by atoms with Crippen LogP contribution in [-0.4, -0.2) is 12.4 Å². The minimum absolute atomic E-state index is 0.0187. The number of benzene rings is 1. The Morgan fingerprint density at radius 1 is 1.28 bits per heavy atom. The summed E-state index contributed by atoms with van der Waals surface area (Å²) in [6.07, 6.45) is 0.864. The van der Waals surface area contributed by atoms with E-state index in [1.807, 2.05) is 24.3 Å². The normalized spacial score (nSPS) is 13.2. The molecule has 0 aliphatic carbocycles. The van der Waals surface area contributed by atoms with Crippen molar-refractivity contribution < 1.29 is 9.53 Å². The summed E-state index contributed by atoms with van der Waals surface area (Å²) in [6.45, 7) is 0.653. The largest absolute Gasteiger partial charge is 0.492 e. The van der Waals surface area contributed by atoms with Gasteiger partial charge in [-0.15, -0.1) is 11.3 Å². The van der Waals surface area contributed by atoms with Gasteiger partial charge in [-0.05, 0) is 45.8 Å². The molecule has 1 aromatic heterocycles. The lowest BCUT2D eigenvalue weighted by molar-refractivity contribution is 0.103. The fourth-order valence-electron chi connectivity index (χ4n) is 2.01. The van der Waals surface area contributed by atoms with E-state index in [0.717, 1.165) is 30.9 Å². The second-order valence-electron chi connectivity index (χ2n) is 3.97. The molecule has 5 heteroatoms. The van der Waals surface area contributed by atoms with Crippen LogP contribution in [0.4, 0.5) is 0 Å². The zero-order valence-electron chi connectivity index (χ0n) is 9.20. The van der Waals surface area contributed by atoms with Gasteiger partial charge in [0.15, 0.2) is 0 Å². The van der Waals surface area contributed by atoms with Gasteiger partial charge in [0.05, 0.1) is 20.8 Å². The van der Waals surface area contributed by atoms with Crippen molar-refractivity contribution in [1.29, 1.82) is 0 Å². The smallest absolute Gasteiger partial charge is 0.206 e. The van der Waals surface area contributed by atoms with Crippen LogP contribution in [-0.2, 0) is 6.42 Å². The summed E-state index contributed by atoms with van der Waals surface area (Å²) < 4.78 is 7.46. The summed E-state index contributed by atoms with van der Waals surface area (Å²) in [6, 6.07) is 7.57. The van der Waals surface area contributed by atoms with E-state index in [2.05, 4.69) is 31.9 Å². The van der Waals surface area contributed by atoms with Crippen LogP contribution in [0.25, 0.3) is 0 Å². The third-order valence-corrected chi connectivity index (χ3v) is 4.87. The lowest BCUT2D eigenvalue weighted by Crippen LogP contribution is -2.01. The monoisotopic (exact) mass is 386 g/mol. The Bertz CT molecular complexity index is 634. The van der Waals surface area contributed by atoms with E-state index in [4.69, 9.17) is 4.74 Å². The molecule has 0 amide bonds. The maximum atomic E-state index is 12.5. The summed E-state index contributed by atoms with van der Waals surface area (Å²) in [5, 5.41) is 0. The minimum Gasteiger partial charge on any atom is -0.492 e. The molecule has 3 rings (SSSR count). The first kappa shape index (κ1) is 12.4. The second kappa shape index (κ2) is 4.79. The lowest BCUT2D eigenvalue weighted by atomic mass is 10.0. The molecule has 2 nitrogen and oxygen atoms in total. The predicted octanol–water partition coefficient (Wildman–Crippen LogP) is 4.44. The maximum absolute atomic E-state index is 12.5. The van der Waals surface area contributed by atoms with Gasteiger partial charge in [-0.1, -0.05) is 15.9 Å². The highest BCUT2D eigenvalue weighted by Gasteiger charge is 2.23. The molecule has 0 radical (unpaired) electrons. The molecule has 2 aromatic rings. The average Bonchev–Trinajstić information content (AvgIpc) is 2.95. The molecular weight excluding hydrogens is 380 g/mol. The first-order valence-corrected chi connectivity index (χ1v) is 7.80. The van der Waals surface area contributed by atoms with Crippen LogP contribution >= 0.6 is 43.2 Å². The van der Waals surface area contributed by atoms with Gasteiger partial charge in [-0.2, -0.15) is 0 Å². The van der Waals surface area contributed by atoms with Crippen LogP contribution in [0.1, 0.15) is 20.8 Å². The first-order valence-electron chi connectivity index (χ1n) is 5.40. The maximum Gasteiger partial charge on any atom is 0.206 e. The average molecular weight is 388 g/mol. The van der Waals surface area contributed by atoms with Crippen molar-refractivity contribution in [3.8, 4) is 5.75 Å². The number of thiophene rings is 1. The number of ketones is 1. The van der Waals surface area contributed by atoms with E-state index < -0.39 is 0 Å². The van der Waals surface area contributed by atoms with E-state index in [1.165, 1.54) is 11.3 Å². The Kier molecular flexibility index (Phi) is 3.30. The zero-order valence-corrected chi connectivity index (χ0v) is 13.2. The molecule has 0 unspecified atom stereocenters. The van der Waals surface area contributed by atoms with Crippen molar-refractivity contribution in [3.05, 3.63) is 48.5 Å². The summed E-state index contributed by atoms with van der Waals surface area (Å²) >= 11 is 8.26.